The topological polar surface area (TPSA) is 254 Å². The first-order valence-corrected chi connectivity index (χ1v) is 12.5. The number of carbonyl (C=O) groups is 6. The predicted octanol–water partition coefficient (Wildman–Crippen LogP) is -2.33. The van der Waals surface area contributed by atoms with Crippen molar-refractivity contribution in [3.63, 3.8) is 0 Å². The summed E-state index contributed by atoms with van der Waals surface area (Å²) in [6, 6.07) is 0. The van der Waals surface area contributed by atoms with Crippen molar-refractivity contribution >= 4 is 55.8 Å². The Kier molecular flexibility index (Phi) is 7.80. The molecule has 2 aliphatic heterocycles. The number of unbranched alkanes of at least 4 members (excludes halogenated alkanes) is 3. The molecule has 16 nitrogen and oxygen atoms in total. The quantitative estimate of drug-likeness (QED) is 0.0950. The van der Waals surface area contributed by atoms with Crippen LogP contribution in [0.25, 0.3) is 0 Å². The smallest absolute Gasteiger partial charge is 0.322 e. The normalized spacial score (nSPS) is 25.1. The number of ether oxygens (including phenoxy) is 2. The van der Waals surface area contributed by atoms with Gasteiger partial charge in [-0.25, -0.2) is 0 Å². The number of nitrogens with one attached hydrogen (secondary N) is 2. The van der Waals surface area contributed by atoms with Crippen LogP contribution in [0.3, 0.4) is 0 Å². The summed E-state index contributed by atoms with van der Waals surface area (Å²) in [7, 11) is -10.5. The van der Waals surface area contributed by atoms with Gasteiger partial charge in [0.05, 0.1) is 12.8 Å². The number of imide groups is 2. The van der Waals surface area contributed by atoms with Crippen molar-refractivity contribution in [2.24, 2.45) is 0 Å². The maximum atomic E-state index is 11.9. The van der Waals surface area contributed by atoms with E-state index in [0.29, 0.717) is 0 Å². The molecule has 2 rings (SSSR count). The van der Waals surface area contributed by atoms with Crippen LogP contribution in [-0.4, -0.2) is 71.4 Å². The molecule has 0 aromatic heterocycles. The SMILES string of the molecule is O=C1CC(OC(=O)CCCCCCC(=O)OC2(S(=O)(=O)O)CC(=O)NC2=O)(S(=O)(=O)O)C(=O)N1. The number of rotatable bonds is 11. The molecule has 34 heavy (non-hydrogen) atoms. The zero-order valence-electron chi connectivity index (χ0n) is 17.3. The van der Waals surface area contributed by atoms with E-state index >= 15 is 0 Å². The summed E-state index contributed by atoms with van der Waals surface area (Å²) < 4.78 is 73.7. The van der Waals surface area contributed by atoms with Crippen LogP contribution in [0.2, 0.25) is 0 Å². The Morgan fingerprint density at radius 1 is 0.706 bits per heavy atom. The van der Waals surface area contributed by atoms with Gasteiger partial charge < -0.3 is 9.47 Å². The van der Waals surface area contributed by atoms with Crippen LogP contribution < -0.4 is 10.6 Å². The zero-order valence-corrected chi connectivity index (χ0v) is 18.9. The van der Waals surface area contributed by atoms with Gasteiger partial charge in [0.2, 0.25) is 11.8 Å². The Balaban J connectivity index is 1.78. The number of hydrogen-bond donors (Lipinski definition) is 4. The molecular formula is C16H20N2O14S2. The lowest BCUT2D eigenvalue weighted by Crippen LogP contribution is -2.49. The minimum Gasteiger partial charge on any atom is -0.429 e. The molecule has 2 saturated heterocycles. The molecule has 190 valence electrons. The maximum absolute atomic E-state index is 11.9. The first-order chi connectivity index (χ1) is 15.5. The lowest BCUT2D eigenvalue weighted by atomic mass is 10.1. The van der Waals surface area contributed by atoms with Gasteiger partial charge in [0.25, 0.3) is 11.8 Å². The van der Waals surface area contributed by atoms with Gasteiger partial charge in [-0.3, -0.25) is 48.5 Å². The third kappa shape index (κ3) is 5.57. The molecule has 4 N–H and O–H groups in total. The van der Waals surface area contributed by atoms with E-state index in [1.54, 1.807) is 10.6 Å². The number of amides is 4. The Bertz CT molecular complexity index is 1050. The molecule has 0 aromatic carbocycles. The van der Waals surface area contributed by atoms with Gasteiger partial charge in [0, 0.05) is 12.8 Å². The number of hydrogen-bond acceptors (Lipinski definition) is 12. The fourth-order valence-electron chi connectivity index (χ4n) is 3.16. The van der Waals surface area contributed by atoms with Crippen molar-refractivity contribution < 1.29 is 64.2 Å². The van der Waals surface area contributed by atoms with E-state index in [2.05, 4.69) is 9.47 Å². The molecule has 0 radical (unpaired) electrons. The highest BCUT2D eigenvalue weighted by Crippen LogP contribution is 2.30. The number of carbonyl (C=O) groups excluding carboxylic acids is 6. The standard InChI is InChI=1S/C16H20N2O14S2/c19-9-7-15(13(23)17-9,33(25,26)27)31-11(21)5-3-1-2-4-6-12(22)32-16(34(28,29)30)8-10(20)18-14(16)24/h1-8H2,(H,17,19,23)(H,18,20,24)(H,25,26,27)(H,28,29,30). The number of esters is 2. The maximum Gasteiger partial charge on any atom is 0.322 e. The third-order valence-corrected chi connectivity index (χ3v) is 7.38. The zero-order chi connectivity index (χ0) is 25.9. The second-order valence-corrected chi connectivity index (χ2v) is 10.6. The van der Waals surface area contributed by atoms with E-state index < -0.39 is 91.4 Å². The molecule has 2 aliphatic rings. The van der Waals surface area contributed by atoms with Gasteiger partial charge in [-0.05, 0) is 12.8 Å². The highest BCUT2D eigenvalue weighted by molar-refractivity contribution is 7.88. The minimum atomic E-state index is -5.26. The van der Waals surface area contributed by atoms with Crippen LogP contribution in [0.4, 0.5) is 0 Å². The summed E-state index contributed by atoms with van der Waals surface area (Å²) in [4.78, 5) is 63.7. The van der Waals surface area contributed by atoms with Crippen molar-refractivity contribution in [1.82, 2.24) is 10.6 Å². The molecular weight excluding hydrogens is 508 g/mol. The summed E-state index contributed by atoms with van der Waals surface area (Å²) in [6.07, 6.45) is -2.31. The van der Waals surface area contributed by atoms with Gasteiger partial charge >= 0.3 is 42.0 Å². The highest BCUT2D eigenvalue weighted by atomic mass is 32.2. The van der Waals surface area contributed by atoms with Crippen LogP contribution >= 0.6 is 0 Å². The van der Waals surface area contributed by atoms with Crippen molar-refractivity contribution in [1.29, 1.82) is 0 Å². The van der Waals surface area contributed by atoms with E-state index in [9.17, 15) is 54.7 Å². The first-order valence-electron chi connectivity index (χ1n) is 9.60. The van der Waals surface area contributed by atoms with Crippen LogP contribution in [0.15, 0.2) is 0 Å². The van der Waals surface area contributed by atoms with Crippen LogP contribution in [0.1, 0.15) is 51.4 Å². The fraction of sp³-hybridized carbons (Fsp3) is 0.625. The monoisotopic (exact) mass is 528 g/mol. The van der Waals surface area contributed by atoms with Crippen LogP contribution in [0.5, 0.6) is 0 Å². The molecule has 0 spiro atoms. The van der Waals surface area contributed by atoms with Gasteiger partial charge in [-0.15, -0.1) is 0 Å². The molecule has 0 bridgehead atoms. The summed E-state index contributed by atoms with van der Waals surface area (Å²) >= 11 is 0. The Morgan fingerprint density at radius 3 is 1.26 bits per heavy atom. The third-order valence-electron chi connectivity index (χ3n) is 4.89. The minimum absolute atomic E-state index is 0.0802. The second-order valence-electron chi connectivity index (χ2n) is 7.43. The molecule has 4 amide bonds. The van der Waals surface area contributed by atoms with Gasteiger partial charge in [0.1, 0.15) is 0 Å². The summed E-state index contributed by atoms with van der Waals surface area (Å²) in [5.74, 6) is -7.47. The average molecular weight is 528 g/mol. The fourth-order valence-corrected chi connectivity index (χ4v) is 4.76. The highest BCUT2D eigenvalue weighted by Gasteiger charge is 2.61. The average Bonchev–Trinajstić information content (AvgIpc) is 3.12. The molecule has 18 heteroatoms. The van der Waals surface area contributed by atoms with Crippen molar-refractivity contribution in [3.05, 3.63) is 0 Å². The van der Waals surface area contributed by atoms with Crippen LogP contribution in [-0.2, 0) is 58.5 Å². The summed E-state index contributed by atoms with van der Waals surface area (Å²) in [5.41, 5.74) is 0. The van der Waals surface area contributed by atoms with Crippen molar-refractivity contribution in [2.45, 2.75) is 61.2 Å². The summed E-state index contributed by atoms with van der Waals surface area (Å²) in [6.45, 7) is 0. The van der Waals surface area contributed by atoms with E-state index in [1.165, 1.54) is 0 Å². The van der Waals surface area contributed by atoms with Crippen molar-refractivity contribution in [3.8, 4) is 0 Å². The van der Waals surface area contributed by atoms with E-state index in [-0.39, 0.29) is 25.7 Å². The lowest BCUT2D eigenvalue weighted by molar-refractivity contribution is -0.158. The molecule has 2 fully saturated rings. The Morgan fingerprint density at radius 2 is 1.03 bits per heavy atom. The molecule has 0 saturated carbocycles. The van der Waals surface area contributed by atoms with Gasteiger partial charge in [-0.2, -0.15) is 16.8 Å². The molecule has 0 aliphatic carbocycles. The largest absolute Gasteiger partial charge is 0.429 e. The van der Waals surface area contributed by atoms with Gasteiger partial charge in [-0.1, -0.05) is 12.8 Å². The summed E-state index contributed by atoms with van der Waals surface area (Å²) in [5, 5.41) is 3.24. The molecule has 0 aromatic rings. The Hall–Kier alpha value is -2.96. The van der Waals surface area contributed by atoms with E-state index in [1.807, 2.05) is 0 Å². The van der Waals surface area contributed by atoms with E-state index in [0.717, 1.165) is 0 Å². The second kappa shape index (κ2) is 9.72. The van der Waals surface area contributed by atoms with Gasteiger partial charge in [0.15, 0.2) is 0 Å². The van der Waals surface area contributed by atoms with Crippen molar-refractivity contribution in [2.75, 3.05) is 0 Å². The Labute approximate surface area is 192 Å². The van der Waals surface area contributed by atoms with E-state index in [4.69, 9.17) is 0 Å². The molecule has 2 unspecified atom stereocenters. The lowest BCUT2D eigenvalue weighted by Gasteiger charge is -2.22. The van der Waals surface area contributed by atoms with Crippen LogP contribution in [0, 0.1) is 0 Å². The molecule has 2 heterocycles. The predicted molar refractivity (Wildman–Crippen MR) is 104 cm³/mol. The molecule has 2 atom stereocenters. The first kappa shape index (κ1) is 27.3.